The second-order valence-electron chi connectivity index (χ2n) is 8.86. The first-order valence-corrected chi connectivity index (χ1v) is 12.4. The van der Waals surface area contributed by atoms with Gasteiger partial charge in [0.1, 0.15) is 12.1 Å². The van der Waals surface area contributed by atoms with Crippen LogP contribution < -0.4 is 19.5 Å². The Morgan fingerprint density at radius 2 is 1.85 bits per heavy atom. The first kappa shape index (κ1) is 25.6. The van der Waals surface area contributed by atoms with E-state index in [0.717, 1.165) is 23.5 Å². The van der Waals surface area contributed by atoms with Gasteiger partial charge < -0.3 is 23.5 Å². The van der Waals surface area contributed by atoms with Gasteiger partial charge in [-0.1, -0.05) is 11.3 Å². The van der Waals surface area contributed by atoms with Gasteiger partial charge in [-0.15, -0.1) is 0 Å². The highest BCUT2D eigenvalue weighted by molar-refractivity contribution is 7.16. The molecular weight excluding hydrogens is 555 g/mol. The molecule has 0 atom stereocenters. The summed E-state index contributed by atoms with van der Waals surface area (Å²) in [6.45, 7) is 0.0535. The number of hydrogen-bond donors (Lipinski definition) is 1. The molecule has 0 unspecified atom stereocenters. The Morgan fingerprint density at radius 1 is 1.12 bits per heavy atom. The van der Waals surface area contributed by atoms with E-state index >= 15 is 0 Å². The molecule has 40 heavy (non-hydrogen) atoms. The van der Waals surface area contributed by atoms with Crippen LogP contribution in [0.4, 0.5) is 18.3 Å². The van der Waals surface area contributed by atoms with Crippen molar-refractivity contribution in [3.63, 3.8) is 0 Å². The number of furan rings is 1. The van der Waals surface area contributed by atoms with Crippen molar-refractivity contribution >= 4 is 28.3 Å². The zero-order valence-electron chi connectivity index (χ0n) is 20.7. The summed E-state index contributed by atoms with van der Waals surface area (Å²) in [7, 11) is 2.67. The highest BCUT2D eigenvalue weighted by atomic mass is 32.1. The van der Waals surface area contributed by atoms with Gasteiger partial charge in [-0.05, 0) is 30.3 Å². The number of rotatable bonds is 5. The van der Waals surface area contributed by atoms with Gasteiger partial charge in [-0.25, -0.2) is 15.0 Å². The van der Waals surface area contributed by atoms with Crippen molar-refractivity contribution in [2.75, 3.05) is 32.6 Å². The molecule has 0 radical (unpaired) electrons. The second kappa shape index (κ2) is 9.22. The minimum absolute atomic E-state index is 0.0263. The van der Waals surface area contributed by atoms with Crippen molar-refractivity contribution in [1.82, 2.24) is 19.9 Å². The van der Waals surface area contributed by atoms with E-state index in [9.17, 15) is 22.8 Å². The molecular formula is C25H18F3N5O6S. The van der Waals surface area contributed by atoms with Crippen molar-refractivity contribution < 1.29 is 41.4 Å². The standard InChI is InChI=1S/C25H18F3N5O6S/c1-36-20-16(21(37-2)30-11-29-20)19(34)32-23-31-17-13-6-5-12(25(26,27)28)8-15(13)39-24(18(17)40-23)9-33(10-24)22(35)14-4-3-7-38-14/h3-8,11H,9-10H2,1-2H3,(H,31,32,34). The number of nitrogens with one attached hydrogen (secondary N) is 1. The maximum Gasteiger partial charge on any atom is 0.416 e. The second-order valence-corrected chi connectivity index (χ2v) is 9.86. The van der Waals surface area contributed by atoms with Gasteiger partial charge in [0, 0.05) is 5.56 Å². The van der Waals surface area contributed by atoms with Crippen LogP contribution in [0.2, 0.25) is 0 Å². The number of carbonyl (C=O) groups is 2. The monoisotopic (exact) mass is 573 g/mol. The molecule has 5 heterocycles. The number of nitrogens with zero attached hydrogens (tertiary/aromatic N) is 4. The molecule has 6 rings (SSSR count). The third-order valence-electron chi connectivity index (χ3n) is 6.43. The number of alkyl halides is 3. The molecule has 1 spiro atoms. The topological polar surface area (TPSA) is 129 Å². The summed E-state index contributed by atoms with van der Waals surface area (Å²) in [6.07, 6.45) is -2.05. The number of carbonyl (C=O) groups excluding carboxylic acids is 2. The lowest BCUT2D eigenvalue weighted by Crippen LogP contribution is -2.64. The fraction of sp³-hybridized carbons (Fsp3) is 0.240. The van der Waals surface area contributed by atoms with Gasteiger partial charge in [0.15, 0.2) is 22.1 Å². The fourth-order valence-electron chi connectivity index (χ4n) is 4.60. The number of aromatic nitrogens is 3. The number of thiazole rings is 1. The lowest BCUT2D eigenvalue weighted by molar-refractivity contribution is -0.138. The summed E-state index contributed by atoms with van der Waals surface area (Å²) in [5.74, 6) is -1.03. The number of halogens is 3. The third-order valence-corrected chi connectivity index (χ3v) is 7.59. The van der Waals surface area contributed by atoms with Crippen LogP contribution in [0, 0.1) is 0 Å². The highest BCUT2D eigenvalue weighted by Crippen LogP contribution is 2.53. The Labute approximate surface area is 227 Å². The summed E-state index contributed by atoms with van der Waals surface area (Å²) in [6, 6.07) is 6.21. The smallest absolute Gasteiger partial charge is 0.416 e. The number of anilines is 1. The van der Waals surface area contributed by atoms with Crippen LogP contribution in [0.15, 0.2) is 47.3 Å². The average Bonchev–Trinajstić information content (AvgIpc) is 3.60. The van der Waals surface area contributed by atoms with Gasteiger partial charge in [-0.2, -0.15) is 13.2 Å². The van der Waals surface area contributed by atoms with Gasteiger partial charge in [0.05, 0.1) is 49.7 Å². The van der Waals surface area contributed by atoms with Crippen molar-refractivity contribution in [1.29, 1.82) is 0 Å². The third kappa shape index (κ3) is 4.09. The van der Waals surface area contributed by atoms with E-state index in [-0.39, 0.29) is 47.1 Å². The Kier molecular flexibility index (Phi) is 5.90. The van der Waals surface area contributed by atoms with Crippen LogP contribution >= 0.6 is 11.3 Å². The molecule has 11 nitrogen and oxygen atoms in total. The van der Waals surface area contributed by atoms with Gasteiger partial charge in [0.25, 0.3) is 11.8 Å². The van der Waals surface area contributed by atoms with E-state index < -0.39 is 29.2 Å². The highest BCUT2D eigenvalue weighted by Gasteiger charge is 2.55. The normalized spacial score (nSPS) is 15.0. The molecule has 15 heteroatoms. The number of ether oxygens (including phenoxy) is 3. The SMILES string of the molecule is COc1ncnc(OC)c1C(=O)Nc1nc2c(s1)C1(CN(C(=O)c3ccco3)C1)Oc1cc(C(F)(F)F)ccc1-2. The van der Waals surface area contributed by atoms with E-state index in [2.05, 4.69) is 20.3 Å². The number of hydrogen-bond acceptors (Lipinski definition) is 10. The number of methoxy groups -OCH3 is 2. The van der Waals surface area contributed by atoms with Crippen LogP contribution in [0.25, 0.3) is 11.3 Å². The molecule has 1 saturated heterocycles. The van der Waals surface area contributed by atoms with E-state index in [1.165, 1.54) is 43.8 Å². The van der Waals surface area contributed by atoms with Crippen molar-refractivity contribution in [2.45, 2.75) is 11.8 Å². The molecule has 0 bridgehead atoms. The van der Waals surface area contributed by atoms with Gasteiger partial charge in [0.2, 0.25) is 11.8 Å². The van der Waals surface area contributed by atoms with Gasteiger partial charge in [-0.3, -0.25) is 14.9 Å². The number of likely N-dealkylation sites (tertiary alicyclic amines) is 1. The zero-order valence-corrected chi connectivity index (χ0v) is 21.6. The molecule has 0 saturated carbocycles. The van der Waals surface area contributed by atoms with E-state index in [0.29, 0.717) is 16.1 Å². The quantitative estimate of drug-likeness (QED) is 0.373. The minimum atomic E-state index is -4.59. The number of fused-ring (bicyclic) bond motifs is 4. The molecule has 206 valence electrons. The van der Waals surface area contributed by atoms with E-state index in [1.807, 2.05) is 0 Å². The molecule has 2 amide bonds. The summed E-state index contributed by atoms with van der Waals surface area (Å²) in [4.78, 5) is 40.4. The Morgan fingerprint density at radius 3 is 2.48 bits per heavy atom. The van der Waals surface area contributed by atoms with Crippen molar-refractivity contribution in [3.05, 3.63) is 64.7 Å². The predicted molar refractivity (Wildman–Crippen MR) is 133 cm³/mol. The molecule has 2 aliphatic heterocycles. The fourth-order valence-corrected chi connectivity index (χ4v) is 5.68. The average molecular weight is 574 g/mol. The molecule has 4 aromatic rings. The lowest BCUT2D eigenvalue weighted by atomic mass is 9.86. The first-order chi connectivity index (χ1) is 19.1. The largest absolute Gasteiger partial charge is 0.480 e. The van der Waals surface area contributed by atoms with Gasteiger partial charge >= 0.3 is 6.18 Å². The number of amides is 2. The van der Waals surface area contributed by atoms with Crippen LogP contribution in [-0.4, -0.2) is 59.0 Å². The van der Waals surface area contributed by atoms with Crippen LogP contribution in [0.5, 0.6) is 17.5 Å². The predicted octanol–water partition coefficient (Wildman–Crippen LogP) is 4.23. The summed E-state index contributed by atoms with van der Waals surface area (Å²) >= 11 is 1.08. The molecule has 3 aromatic heterocycles. The van der Waals surface area contributed by atoms with E-state index in [4.69, 9.17) is 18.6 Å². The van der Waals surface area contributed by atoms with Crippen molar-refractivity contribution in [2.24, 2.45) is 0 Å². The Hall–Kier alpha value is -4.66. The first-order valence-electron chi connectivity index (χ1n) is 11.6. The molecule has 1 aromatic carbocycles. The van der Waals surface area contributed by atoms with Crippen LogP contribution in [0.3, 0.4) is 0 Å². The zero-order chi connectivity index (χ0) is 28.2. The summed E-state index contributed by atoms with van der Waals surface area (Å²) in [5, 5.41) is 2.80. The van der Waals surface area contributed by atoms with Crippen molar-refractivity contribution in [3.8, 4) is 28.8 Å². The molecule has 1 N–H and O–H groups in total. The molecule has 1 fully saturated rings. The summed E-state index contributed by atoms with van der Waals surface area (Å²) < 4.78 is 62.2. The molecule has 2 aliphatic rings. The van der Waals surface area contributed by atoms with Crippen LogP contribution in [0.1, 0.15) is 31.4 Å². The lowest BCUT2D eigenvalue weighted by Gasteiger charge is -2.50. The maximum absolute atomic E-state index is 13.5. The maximum atomic E-state index is 13.5. The minimum Gasteiger partial charge on any atom is -0.480 e. The van der Waals surface area contributed by atoms with Crippen LogP contribution in [-0.2, 0) is 11.8 Å². The Bertz CT molecular complexity index is 1610. The van der Waals surface area contributed by atoms with E-state index in [1.54, 1.807) is 6.07 Å². The number of benzene rings is 1. The molecule has 0 aliphatic carbocycles. The summed E-state index contributed by atoms with van der Waals surface area (Å²) in [5.41, 5.74) is -1.48. The Balaban J connectivity index is 1.38.